The fraction of sp³-hybridized carbons (Fsp3) is 0.385. The number of methoxy groups -OCH3 is 2. The Balaban J connectivity index is 2.66. The van der Waals surface area contributed by atoms with E-state index in [1.165, 1.54) is 32.5 Å². The lowest BCUT2D eigenvalue weighted by Crippen LogP contribution is -2.41. The van der Waals surface area contributed by atoms with Gasteiger partial charge in [-0.3, -0.25) is 9.59 Å². The molecule has 2 N–H and O–H groups in total. The van der Waals surface area contributed by atoms with Crippen LogP contribution < -0.4 is 10.1 Å². The van der Waals surface area contributed by atoms with Crippen molar-refractivity contribution in [2.75, 3.05) is 14.2 Å². The van der Waals surface area contributed by atoms with Crippen LogP contribution in [0.15, 0.2) is 18.3 Å². The van der Waals surface area contributed by atoms with E-state index in [-0.39, 0.29) is 18.4 Å². The van der Waals surface area contributed by atoms with Crippen molar-refractivity contribution < 1.29 is 29.0 Å². The highest BCUT2D eigenvalue weighted by Gasteiger charge is 2.22. The van der Waals surface area contributed by atoms with Crippen molar-refractivity contribution in [2.45, 2.75) is 18.9 Å². The maximum absolute atomic E-state index is 11.9. The van der Waals surface area contributed by atoms with E-state index in [1.54, 1.807) is 0 Å². The number of carbonyl (C=O) groups is 3. The molecule has 8 heteroatoms. The molecule has 0 radical (unpaired) electrons. The molecule has 1 heterocycles. The zero-order chi connectivity index (χ0) is 15.8. The minimum atomic E-state index is -1.23. The number of esters is 1. The fourth-order valence-corrected chi connectivity index (χ4v) is 1.50. The van der Waals surface area contributed by atoms with Crippen molar-refractivity contribution in [2.24, 2.45) is 0 Å². The molecule has 1 rings (SSSR count). The molecule has 0 unspecified atom stereocenters. The lowest BCUT2D eigenvalue weighted by atomic mass is 10.1. The summed E-state index contributed by atoms with van der Waals surface area (Å²) in [6.45, 7) is 0. The van der Waals surface area contributed by atoms with Crippen LogP contribution in [-0.2, 0) is 14.3 Å². The van der Waals surface area contributed by atoms with Gasteiger partial charge in [0.15, 0.2) is 0 Å². The van der Waals surface area contributed by atoms with Gasteiger partial charge in [-0.1, -0.05) is 0 Å². The summed E-state index contributed by atoms with van der Waals surface area (Å²) in [6, 6.07) is 1.76. The molecule has 0 saturated carbocycles. The Morgan fingerprint density at radius 2 is 2.05 bits per heavy atom. The summed E-state index contributed by atoms with van der Waals surface area (Å²) < 4.78 is 9.28. The number of carboxylic acid groups (broad SMARTS) is 1. The third-order valence-corrected chi connectivity index (χ3v) is 2.68. The second kappa shape index (κ2) is 7.83. The third kappa shape index (κ3) is 5.09. The molecule has 8 nitrogen and oxygen atoms in total. The molecule has 0 spiro atoms. The molecule has 0 aliphatic carbocycles. The van der Waals surface area contributed by atoms with Crippen molar-refractivity contribution >= 4 is 17.8 Å². The van der Waals surface area contributed by atoms with Gasteiger partial charge in [0.25, 0.3) is 5.91 Å². The molecule has 21 heavy (non-hydrogen) atoms. The van der Waals surface area contributed by atoms with E-state index in [1.807, 2.05) is 0 Å². The first-order valence-corrected chi connectivity index (χ1v) is 6.08. The van der Waals surface area contributed by atoms with Crippen LogP contribution >= 0.6 is 0 Å². The van der Waals surface area contributed by atoms with E-state index in [9.17, 15) is 14.4 Å². The summed E-state index contributed by atoms with van der Waals surface area (Å²) in [7, 11) is 2.65. The number of rotatable bonds is 7. The highest BCUT2D eigenvalue weighted by molar-refractivity contribution is 5.96. The van der Waals surface area contributed by atoms with Crippen LogP contribution in [0, 0.1) is 0 Å². The maximum Gasteiger partial charge on any atom is 0.326 e. The Hall–Kier alpha value is -2.64. The van der Waals surface area contributed by atoms with Crippen LogP contribution in [0.2, 0.25) is 0 Å². The van der Waals surface area contributed by atoms with E-state index in [4.69, 9.17) is 9.84 Å². The van der Waals surface area contributed by atoms with Crippen LogP contribution in [0.3, 0.4) is 0 Å². The lowest BCUT2D eigenvalue weighted by Gasteiger charge is -2.13. The summed E-state index contributed by atoms with van der Waals surface area (Å²) >= 11 is 0. The van der Waals surface area contributed by atoms with Crippen LogP contribution in [0.25, 0.3) is 0 Å². The summed E-state index contributed by atoms with van der Waals surface area (Å²) in [5.74, 6) is -2.02. The average Bonchev–Trinajstić information content (AvgIpc) is 2.50. The van der Waals surface area contributed by atoms with E-state index < -0.39 is 23.9 Å². The van der Waals surface area contributed by atoms with Gasteiger partial charge in [-0.2, -0.15) is 0 Å². The molecule has 114 valence electrons. The molecule has 0 aliphatic heterocycles. The number of carbonyl (C=O) groups excluding carboxylic acids is 2. The molecule has 1 atom stereocenters. The van der Waals surface area contributed by atoms with Crippen molar-refractivity contribution in [1.29, 1.82) is 0 Å². The highest BCUT2D eigenvalue weighted by atomic mass is 16.5. The van der Waals surface area contributed by atoms with Gasteiger partial charge in [0.2, 0.25) is 5.88 Å². The van der Waals surface area contributed by atoms with Gasteiger partial charge in [-0.05, 0) is 12.5 Å². The van der Waals surface area contributed by atoms with E-state index in [0.717, 1.165) is 0 Å². The van der Waals surface area contributed by atoms with Gasteiger partial charge < -0.3 is 19.9 Å². The summed E-state index contributed by atoms with van der Waals surface area (Å²) in [5.41, 5.74) is 0.195. The first kappa shape index (κ1) is 16.4. The number of amides is 1. The molecule has 0 aromatic carbocycles. The predicted molar refractivity (Wildman–Crippen MR) is 70.9 cm³/mol. The molecule has 0 saturated heterocycles. The Morgan fingerprint density at radius 3 is 2.52 bits per heavy atom. The molecule has 1 amide bonds. The largest absolute Gasteiger partial charge is 0.481 e. The van der Waals surface area contributed by atoms with Crippen LogP contribution in [0.1, 0.15) is 23.2 Å². The van der Waals surface area contributed by atoms with E-state index >= 15 is 0 Å². The fourth-order valence-electron chi connectivity index (χ4n) is 1.50. The smallest absolute Gasteiger partial charge is 0.326 e. The minimum absolute atomic E-state index is 0.0582. The van der Waals surface area contributed by atoms with Gasteiger partial charge in [0.1, 0.15) is 6.04 Å². The van der Waals surface area contributed by atoms with Crippen LogP contribution in [0.5, 0.6) is 5.88 Å². The first-order valence-electron chi connectivity index (χ1n) is 6.08. The predicted octanol–water partition coefficient (Wildman–Crippen LogP) is 0.226. The number of pyridine rings is 1. The molecular weight excluding hydrogens is 280 g/mol. The molecular formula is C13H16N2O6. The second-order valence-corrected chi connectivity index (χ2v) is 4.07. The molecule has 1 aromatic heterocycles. The average molecular weight is 296 g/mol. The Labute approximate surface area is 121 Å². The van der Waals surface area contributed by atoms with Gasteiger partial charge in [0.05, 0.1) is 19.8 Å². The standard InChI is InChI=1S/C13H16N2O6/c1-20-10-5-3-8(7-14-10)12(17)15-9(13(18)19)4-6-11(16)21-2/h3,5,7,9H,4,6H2,1-2H3,(H,15,17)(H,18,19)/t9-/m1/s1. The van der Waals surface area contributed by atoms with Gasteiger partial charge >= 0.3 is 11.9 Å². The number of nitrogens with zero attached hydrogens (tertiary/aromatic N) is 1. The number of aliphatic carboxylic acids is 1. The number of ether oxygens (including phenoxy) is 2. The normalized spacial score (nSPS) is 11.3. The van der Waals surface area contributed by atoms with Crippen molar-refractivity contribution in [3.8, 4) is 5.88 Å². The Kier molecular flexibility index (Phi) is 6.12. The molecule has 1 aromatic rings. The van der Waals surface area contributed by atoms with Crippen LogP contribution in [0.4, 0.5) is 0 Å². The number of hydrogen-bond acceptors (Lipinski definition) is 6. The summed E-state index contributed by atoms with van der Waals surface area (Å²) in [6.07, 6.45) is 1.11. The first-order chi connectivity index (χ1) is 9.97. The van der Waals surface area contributed by atoms with Crippen molar-refractivity contribution in [1.82, 2.24) is 10.3 Å². The maximum atomic E-state index is 11.9. The topological polar surface area (TPSA) is 115 Å². The quantitative estimate of drug-likeness (QED) is 0.692. The SMILES string of the molecule is COC(=O)CC[C@@H](NC(=O)c1ccc(OC)nc1)C(=O)O. The zero-order valence-corrected chi connectivity index (χ0v) is 11.7. The number of aromatic nitrogens is 1. The highest BCUT2D eigenvalue weighted by Crippen LogP contribution is 2.08. The third-order valence-electron chi connectivity index (χ3n) is 2.68. The Morgan fingerprint density at radius 1 is 1.33 bits per heavy atom. The molecule has 0 fully saturated rings. The van der Waals surface area contributed by atoms with Crippen molar-refractivity contribution in [3.05, 3.63) is 23.9 Å². The Bertz CT molecular complexity index is 514. The second-order valence-electron chi connectivity index (χ2n) is 4.07. The lowest BCUT2D eigenvalue weighted by molar-refractivity contribution is -0.142. The van der Waals surface area contributed by atoms with E-state index in [0.29, 0.717) is 5.88 Å². The summed E-state index contributed by atoms with van der Waals surface area (Å²) in [4.78, 5) is 37.8. The van der Waals surface area contributed by atoms with Crippen molar-refractivity contribution in [3.63, 3.8) is 0 Å². The number of hydrogen-bond donors (Lipinski definition) is 2. The van der Waals surface area contributed by atoms with Crippen LogP contribution in [-0.4, -0.2) is 48.2 Å². The zero-order valence-electron chi connectivity index (χ0n) is 11.7. The minimum Gasteiger partial charge on any atom is -0.481 e. The summed E-state index contributed by atoms with van der Waals surface area (Å²) in [5, 5.41) is 11.4. The monoisotopic (exact) mass is 296 g/mol. The number of carboxylic acids is 1. The van der Waals surface area contributed by atoms with Gasteiger partial charge in [0, 0.05) is 18.7 Å². The van der Waals surface area contributed by atoms with Gasteiger partial charge in [-0.25, -0.2) is 9.78 Å². The molecule has 0 bridgehead atoms. The number of nitrogens with one attached hydrogen (secondary N) is 1. The molecule has 0 aliphatic rings. The van der Waals surface area contributed by atoms with Gasteiger partial charge in [-0.15, -0.1) is 0 Å². The van der Waals surface area contributed by atoms with E-state index in [2.05, 4.69) is 15.0 Å².